The lowest BCUT2D eigenvalue weighted by Crippen LogP contribution is -2.31. The van der Waals surface area contributed by atoms with Gasteiger partial charge < -0.3 is 11.1 Å². The van der Waals surface area contributed by atoms with E-state index in [2.05, 4.69) is 32.4 Å². The molecule has 2 rings (SSSR count). The third-order valence-corrected chi connectivity index (χ3v) is 4.34. The quantitative estimate of drug-likeness (QED) is 0.761. The molecule has 0 aliphatic heterocycles. The minimum absolute atomic E-state index is 0. The summed E-state index contributed by atoms with van der Waals surface area (Å²) in [4.78, 5) is 12.4. The number of aromatic nitrogens is 2. The van der Waals surface area contributed by atoms with Crippen molar-refractivity contribution in [3.63, 3.8) is 0 Å². The van der Waals surface area contributed by atoms with Crippen LogP contribution in [0.25, 0.3) is 0 Å². The minimum Gasteiger partial charge on any atom is -0.352 e. The number of benzene rings is 1. The molecule has 0 fully saturated rings. The predicted octanol–water partition coefficient (Wildman–Crippen LogP) is 3.06. The first-order chi connectivity index (χ1) is 10.9. The average Bonchev–Trinajstić information content (AvgIpc) is 2.78. The van der Waals surface area contributed by atoms with E-state index in [0.29, 0.717) is 25.2 Å². The fraction of sp³-hybridized carbons (Fsp3) is 0.412. The number of hydrogen-bond acceptors (Lipinski definition) is 3. The van der Waals surface area contributed by atoms with Crippen LogP contribution in [0.5, 0.6) is 0 Å². The number of nitrogens with one attached hydrogen (secondary N) is 1. The van der Waals surface area contributed by atoms with Gasteiger partial charge in [0.05, 0.1) is 17.8 Å². The zero-order valence-electron chi connectivity index (χ0n) is 14.2. The van der Waals surface area contributed by atoms with Crippen molar-refractivity contribution in [1.29, 1.82) is 0 Å². The Kier molecular flexibility index (Phi) is 7.93. The van der Waals surface area contributed by atoms with Gasteiger partial charge in [0, 0.05) is 16.7 Å². The lowest BCUT2D eigenvalue weighted by atomic mass is 10.1. The molecule has 1 aromatic heterocycles. The van der Waals surface area contributed by atoms with Crippen LogP contribution in [0, 0.1) is 19.8 Å². The van der Waals surface area contributed by atoms with Gasteiger partial charge >= 0.3 is 0 Å². The summed E-state index contributed by atoms with van der Waals surface area (Å²) in [5.74, 6) is 0.178. The van der Waals surface area contributed by atoms with Crippen LogP contribution < -0.4 is 11.1 Å². The van der Waals surface area contributed by atoms with E-state index in [0.717, 1.165) is 21.4 Å². The second kappa shape index (κ2) is 9.20. The Labute approximate surface area is 157 Å². The van der Waals surface area contributed by atoms with Gasteiger partial charge in [-0.2, -0.15) is 5.10 Å². The largest absolute Gasteiger partial charge is 0.352 e. The zero-order chi connectivity index (χ0) is 17.0. The normalized spacial score (nSPS) is 11.7. The number of hydrogen-bond donors (Lipinski definition) is 2. The monoisotopic (exact) mass is 414 g/mol. The second-order valence-corrected chi connectivity index (χ2v) is 6.80. The molecule has 0 spiro atoms. The van der Waals surface area contributed by atoms with Gasteiger partial charge in [0.2, 0.25) is 0 Å². The van der Waals surface area contributed by atoms with E-state index in [9.17, 15) is 4.79 Å². The summed E-state index contributed by atoms with van der Waals surface area (Å²) in [5.41, 5.74) is 9.00. The molecule has 0 bridgehead atoms. The zero-order valence-corrected chi connectivity index (χ0v) is 16.6. The number of nitrogens with zero attached hydrogens (tertiary/aromatic N) is 2. The van der Waals surface area contributed by atoms with Gasteiger partial charge in [-0.15, -0.1) is 12.4 Å². The molecule has 1 aromatic carbocycles. The Morgan fingerprint density at radius 3 is 2.75 bits per heavy atom. The van der Waals surface area contributed by atoms with E-state index < -0.39 is 0 Å². The van der Waals surface area contributed by atoms with Crippen molar-refractivity contribution in [2.45, 2.75) is 27.3 Å². The molecule has 1 heterocycles. The highest BCUT2D eigenvalue weighted by atomic mass is 79.9. The Morgan fingerprint density at radius 2 is 2.12 bits per heavy atom. The van der Waals surface area contributed by atoms with Gasteiger partial charge in [-0.25, -0.2) is 0 Å². The predicted molar refractivity (Wildman–Crippen MR) is 103 cm³/mol. The summed E-state index contributed by atoms with van der Waals surface area (Å²) in [6.07, 6.45) is 0. The van der Waals surface area contributed by atoms with Crippen molar-refractivity contribution in [2.75, 3.05) is 13.1 Å². The lowest BCUT2D eigenvalue weighted by Gasteiger charge is -2.10. The molecule has 24 heavy (non-hydrogen) atoms. The fourth-order valence-corrected chi connectivity index (χ4v) is 2.87. The summed E-state index contributed by atoms with van der Waals surface area (Å²) < 4.78 is 2.91. The molecule has 5 nitrogen and oxygen atoms in total. The van der Waals surface area contributed by atoms with Gasteiger partial charge in [-0.05, 0) is 44.0 Å². The maximum atomic E-state index is 12.4. The maximum Gasteiger partial charge on any atom is 0.255 e. The topological polar surface area (TPSA) is 72.9 Å². The van der Waals surface area contributed by atoms with Crippen molar-refractivity contribution in [3.8, 4) is 0 Å². The van der Waals surface area contributed by atoms with Gasteiger partial charge in [0.25, 0.3) is 5.91 Å². The second-order valence-electron chi connectivity index (χ2n) is 5.88. The molecule has 132 valence electrons. The van der Waals surface area contributed by atoms with Crippen LogP contribution in [0.15, 0.2) is 28.7 Å². The number of carbonyl (C=O) groups is 1. The first kappa shape index (κ1) is 20.7. The SMILES string of the molecule is Cc1nn(Cc2cccc(Br)c2)c(C)c1C(=O)NCC(C)CN.Cl. The van der Waals surface area contributed by atoms with E-state index in [1.54, 1.807) is 0 Å². The van der Waals surface area contributed by atoms with Crippen molar-refractivity contribution in [3.05, 3.63) is 51.3 Å². The molecule has 1 amide bonds. The van der Waals surface area contributed by atoms with Crippen molar-refractivity contribution in [2.24, 2.45) is 11.7 Å². The van der Waals surface area contributed by atoms with Crippen LogP contribution in [-0.2, 0) is 6.54 Å². The van der Waals surface area contributed by atoms with Crippen LogP contribution in [0.2, 0.25) is 0 Å². The van der Waals surface area contributed by atoms with Crippen LogP contribution in [0.4, 0.5) is 0 Å². The molecule has 3 N–H and O–H groups in total. The average molecular weight is 416 g/mol. The molecular weight excluding hydrogens is 392 g/mol. The van der Waals surface area contributed by atoms with Crippen LogP contribution in [0.1, 0.15) is 34.2 Å². The molecule has 0 aliphatic rings. The van der Waals surface area contributed by atoms with E-state index in [-0.39, 0.29) is 24.2 Å². The molecule has 2 aromatic rings. The summed E-state index contributed by atoms with van der Waals surface area (Å²) in [7, 11) is 0. The number of aryl methyl sites for hydroxylation is 1. The van der Waals surface area contributed by atoms with Gasteiger partial charge in [0.15, 0.2) is 0 Å². The number of amides is 1. The Hall–Kier alpha value is -1.37. The highest BCUT2D eigenvalue weighted by Crippen LogP contribution is 2.17. The smallest absolute Gasteiger partial charge is 0.255 e. The minimum atomic E-state index is -0.0826. The van der Waals surface area contributed by atoms with Gasteiger partial charge in [-0.1, -0.05) is 35.0 Å². The van der Waals surface area contributed by atoms with Crippen LogP contribution in [-0.4, -0.2) is 28.8 Å². The van der Waals surface area contributed by atoms with E-state index in [1.807, 2.05) is 43.7 Å². The first-order valence-electron chi connectivity index (χ1n) is 7.69. The number of carbonyl (C=O) groups excluding carboxylic acids is 1. The third-order valence-electron chi connectivity index (χ3n) is 3.84. The summed E-state index contributed by atoms with van der Waals surface area (Å²) in [6, 6.07) is 8.08. The number of halogens is 2. The Bertz CT molecular complexity index is 702. The molecule has 0 radical (unpaired) electrons. The highest BCUT2D eigenvalue weighted by Gasteiger charge is 2.19. The molecule has 0 saturated carbocycles. The summed E-state index contributed by atoms with van der Waals surface area (Å²) in [5, 5.41) is 7.46. The van der Waals surface area contributed by atoms with E-state index >= 15 is 0 Å². The van der Waals surface area contributed by atoms with Crippen molar-refractivity contribution in [1.82, 2.24) is 15.1 Å². The number of nitrogens with two attached hydrogens (primary N) is 1. The van der Waals surface area contributed by atoms with Crippen molar-refractivity contribution < 1.29 is 4.79 Å². The van der Waals surface area contributed by atoms with Crippen LogP contribution >= 0.6 is 28.3 Å². The Morgan fingerprint density at radius 1 is 1.42 bits per heavy atom. The molecule has 0 saturated heterocycles. The third kappa shape index (κ3) is 5.06. The molecule has 7 heteroatoms. The first-order valence-corrected chi connectivity index (χ1v) is 8.48. The Balaban J connectivity index is 0.00000288. The van der Waals surface area contributed by atoms with Crippen LogP contribution in [0.3, 0.4) is 0 Å². The highest BCUT2D eigenvalue weighted by molar-refractivity contribution is 9.10. The van der Waals surface area contributed by atoms with Gasteiger partial charge in [-0.3, -0.25) is 9.48 Å². The molecule has 0 aliphatic carbocycles. The van der Waals surface area contributed by atoms with Crippen molar-refractivity contribution >= 4 is 34.2 Å². The molecule has 1 atom stereocenters. The van der Waals surface area contributed by atoms with Gasteiger partial charge in [0.1, 0.15) is 0 Å². The van der Waals surface area contributed by atoms with E-state index in [1.165, 1.54) is 0 Å². The molecular formula is C17H24BrClN4O. The maximum absolute atomic E-state index is 12.4. The number of rotatable bonds is 6. The standard InChI is InChI=1S/C17H23BrN4O.ClH/c1-11(8-19)9-20-17(23)16-12(2)21-22(13(16)3)10-14-5-4-6-15(18)7-14;/h4-7,11H,8-10,19H2,1-3H3,(H,20,23);1H. The molecule has 1 unspecified atom stereocenters. The summed E-state index contributed by atoms with van der Waals surface area (Å²) >= 11 is 3.47. The summed E-state index contributed by atoms with van der Waals surface area (Å²) in [6.45, 7) is 7.58. The lowest BCUT2D eigenvalue weighted by molar-refractivity contribution is 0.0947. The fourth-order valence-electron chi connectivity index (χ4n) is 2.43. The van der Waals surface area contributed by atoms with E-state index in [4.69, 9.17) is 5.73 Å².